The number of halogens is 1. The van der Waals surface area contributed by atoms with E-state index in [0.717, 1.165) is 12.2 Å². The molecule has 0 aliphatic rings. The molecule has 0 fully saturated rings. The average Bonchev–Trinajstić information content (AvgIpc) is 2.24. The van der Waals surface area contributed by atoms with E-state index in [2.05, 4.69) is 6.26 Å². The van der Waals surface area contributed by atoms with Crippen molar-refractivity contribution in [3.8, 4) is 5.75 Å². The van der Waals surface area contributed by atoms with Crippen LogP contribution in [-0.2, 0) is 0 Å². The van der Waals surface area contributed by atoms with Crippen molar-refractivity contribution in [1.82, 2.24) is 0 Å². The van der Waals surface area contributed by atoms with Crippen LogP contribution in [0.25, 0.3) is 0 Å². The van der Waals surface area contributed by atoms with Gasteiger partial charge >= 0.3 is 0 Å². The number of nitrogen functional groups attached to an aromatic ring is 1. The molecule has 0 amide bonds. The molecule has 0 unspecified atom stereocenters. The molecule has 0 radical (unpaired) electrons. The van der Waals surface area contributed by atoms with E-state index in [1.807, 2.05) is 0 Å². The van der Waals surface area contributed by atoms with E-state index in [1.54, 1.807) is 30.0 Å². The summed E-state index contributed by atoms with van der Waals surface area (Å²) in [5.74, 6) is 1.57. The van der Waals surface area contributed by atoms with Crippen molar-refractivity contribution in [2.75, 3.05) is 18.6 Å². The van der Waals surface area contributed by atoms with Gasteiger partial charge in [0.15, 0.2) is 0 Å². The minimum absolute atomic E-state index is 0.0644. The van der Waals surface area contributed by atoms with E-state index in [4.69, 9.17) is 27.5 Å². The van der Waals surface area contributed by atoms with Crippen molar-refractivity contribution in [1.29, 1.82) is 5.41 Å². The molecule has 0 aliphatic carbocycles. The molecule has 16 heavy (non-hydrogen) atoms. The topological polar surface area (TPSA) is 59.1 Å². The van der Waals surface area contributed by atoms with Crippen molar-refractivity contribution in [3.63, 3.8) is 0 Å². The van der Waals surface area contributed by atoms with Crippen LogP contribution in [0, 0.1) is 5.41 Å². The molecule has 1 aromatic carbocycles. The van der Waals surface area contributed by atoms with Crippen LogP contribution in [0.4, 0.5) is 0 Å². The first-order chi connectivity index (χ1) is 7.66. The summed E-state index contributed by atoms with van der Waals surface area (Å²) in [7, 11) is 0. The first kappa shape index (κ1) is 13.2. The van der Waals surface area contributed by atoms with Gasteiger partial charge in [-0.25, -0.2) is 0 Å². The second kappa shape index (κ2) is 6.66. The molecule has 0 atom stereocenters. The molecule has 5 heteroatoms. The smallest absolute Gasteiger partial charge is 0.131 e. The third-order valence-corrected chi connectivity index (χ3v) is 3.01. The lowest BCUT2D eigenvalue weighted by molar-refractivity contribution is 0.318. The van der Waals surface area contributed by atoms with E-state index in [1.165, 1.54) is 0 Å². The Bertz CT molecular complexity index is 371. The van der Waals surface area contributed by atoms with Gasteiger partial charge in [-0.05, 0) is 30.6 Å². The third kappa shape index (κ3) is 3.61. The number of benzene rings is 1. The highest BCUT2D eigenvalue weighted by atomic mass is 35.5. The van der Waals surface area contributed by atoms with Gasteiger partial charge in [0, 0.05) is 0 Å². The molecule has 3 N–H and O–H groups in total. The predicted octanol–water partition coefficient (Wildman–Crippen LogP) is 2.76. The van der Waals surface area contributed by atoms with Gasteiger partial charge in [-0.2, -0.15) is 11.8 Å². The highest BCUT2D eigenvalue weighted by Crippen LogP contribution is 2.25. The number of nitrogens with one attached hydrogen (secondary N) is 1. The van der Waals surface area contributed by atoms with Crippen molar-refractivity contribution >= 4 is 29.2 Å². The van der Waals surface area contributed by atoms with Gasteiger partial charge < -0.3 is 10.5 Å². The van der Waals surface area contributed by atoms with Gasteiger partial charge in [-0.1, -0.05) is 17.7 Å². The largest absolute Gasteiger partial charge is 0.493 e. The van der Waals surface area contributed by atoms with Crippen LogP contribution >= 0.6 is 23.4 Å². The number of hydrogen-bond acceptors (Lipinski definition) is 3. The number of thioether (sulfide) groups is 1. The normalized spacial score (nSPS) is 10.1. The summed E-state index contributed by atoms with van der Waals surface area (Å²) in [6, 6.07) is 5.27. The number of amidine groups is 1. The first-order valence-corrected chi connectivity index (χ1v) is 6.68. The lowest BCUT2D eigenvalue weighted by atomic mass is 10.2. The molecule has 0 bridgehead atoms. The zero-order chi connectivity index (χ0) is 12.0. The molecule has 0 saturated carbocycles. The minimum Gasteiger partial charge on any atom is -0.493 e. The quantitative estimate of drug-likeness (QED) is 0.469. The van der Waals surface area contributed by atoms with Crippen LogP contribution in [0.15, 0.2) is 18.2 Å². The second-order valence-electron chi connectivity index (χ2n) is 3.22. The summed E-state index contributed by atoms with van der Waals surface area (Å²) in [5.41, 5.74) is 5.94. The van der Waals surface area contributed by atoms with Gasteiger partial charge in [0.2, 0.25) is 0 Å². The Labute approximate surface area is 105 Å². The van der Waals surface area contributed by atoms with Gasteiger partial charge in [0.1, 0.15) is 11.6 Å². The maximum Gasteiger partial charge on any atom is 0.131 e. The molecule has 0 heterocycles. The Hall–Kier alpha value is -0.870. The maximum absolute atomic E-state index is 7.44. The van der Waals surface area contributed by atoms with E-state index < -0.39 is 0 Å². The fourth-order valence-corrected chi connectivity index (χ4v) is 1.95. The summed E-state index contributed by atoms with van der Waals surface area (Å²) < 4.78 is 5.56. The van der Waals surface area contributed by atoms with E-state index >= 15 is 0 Å². The maximum atomic E-state index is 7.44. The highest BCUT2D eigenvalue weighted by molar-refractivity contribution is 7.98. The van der Waals surface area contributed by atoms with Crippen LogP contribution in [0.3, 0.4) is 0 Å². The highest BCUT2D eigenvalue weighted by Gasteiger charge is 2.10. The Morgan fingerprint density at radius 1 is 1.56 bits per heavy atom. The van der Waals surface area contributed by atoms with Crippen LogP contribution < -0.4 is 10.5 Å². The van der Waals surface area contributed by atoms with E-state index in [-0.39, 0.29) is 5.84 Å². The molecule has 88 valence electrons. The SMILES string of the molecule is CSCCCOc1cccc(Cl)c1C(=N)N. The third-order valence-electron chi connectivity index (χ3n) is 2.00. The molecule has 0 saturated heterocycles. The van der Waals surface area contributed by atoms with Crippen molar-refractivity contribution < 1.29 is 4.74 Å². The number of rotatable bonds is 6. The van der Waals surface area contributed by atoms with Crippen LogP contribution in [0.2, 0.25) is 5.02 Å². The van der Waals surface area contributed by atoms with Crippen LogP contribution in [0.1, 0.15) is 12.0 Å². The van der Waals surface area contributed by atoms with Gasteiger partial charge in [-0.3, -0.25) is 5.41 Å². The molecule has 3 nitrogen and oxygen atoms in total. The first-order valence-electron chi connectivity index (χ1n) is 4.91. The standard InChI is InChI=1S/C11H15ClN2OS/c1-16-7-3-6-15-9-5-2-4-8(12)10(9)11(13)14/h2,4-5H,3,6-7H2,1H3,(H3,13,14). The van der Waals surface area contributed by atoms with E-state index in [9.17, 15) is 0 Å². The molecule has 0 aliphatic heterocycles. The van der Waals surface area contributed by atoms with Crippen molar-refractivity contribution in [3.05, 3.63) is 28.8 Å². The van der Waals surface area contributed by atoms with E-state index in [0.29, 0.717) is 22.9 Å². The minimum atomic E-state index is -0.0644. The van der Waals surface area contributed by atoms with Crippen molar-refractivity contribution in [2.24, 2.45) is 5.73 Å². The van der Waals surface area contributed by atoms with Crippen LogP contribution in [-0.4, -0.2) is 24.5 Å². The predicted molar refractivity (Wildman–Crippen MR) is 71.0 cm³/mol. The van der Waals surface area contributed by atoms with Crippen molar-refractivity contribution in [2.45, 2.75) is 6.42 Å². The van der Waals surface area contributed by atoms with Crippen LogP contribution in [0.5, 0.6) is 5.75 Å². The summed E-state index contributed by atoms with van der Waals surface area (Å²) >= 11 is 7.74. The Morgan fingerprint density at radius 2 is 2.31 bits per heavy atom. The number of hydrogen-bond donors (Lipinski definition) is 2. The summed E-state index contributed by atoms with van der Waals surface area (Å²) in [6.07, 6.45) is 3.02. The second-order valence-corrected chi connectivity index (χ2v) is 4.61. The molecular weight excluding hydrogens is 244 g/mol. The van der Waals surface area contributed by atoms with Gasteiger partial charge in [0.25, 0.3) is 0 Å². The summed E-state index contributed by atoms with van der Waals surface area (Å²) in [6.45, 7) is 0.613. The Balaban J connectivity index is 2.71. The fourth-order valence-electron chi connectivity index (χ4n) is 1.27. The zero-order valence-corrected chi connectivity index (χ0v) is 10.7. The molecule has 0 aromatic heterocycles. The number of nitrogens with two attached hydrogens (primary N) is 1. The Morgan fingerprint density at radius 3 is 2.94 bits per heavy atom. The lowest BCUT2D eigenvalue weighted by Gasteiger charge is -2.11. The monoisotopic (exact) mass is 258 g/mol. The van der Waals surface area contributed by atoms with Gasteiger partial charge in [-0.15, -0.1) is 0 Å². The number of ether oxygens (including phenoxy) is 1. The molecular formula is C11H15ClN2OS. The Kier molecular flexibility index (Phi) is 5.49. The summed E-state index contributed by atoms with van der Waals surface area (Å²) in [5, 5.41) is 7.90. The molecule has 1 rings (SSSR count). The summed E-state index contributed by atoms with van der Waals surface area (Å²) in [4.78, 5) is 0. The lowest BCUT2D eigenvalue weighted by Crippen LogP contribution is -2.14. The average molecular weight is 259 g/mol. The molecule has 0 spiro atoms. The van der Waals surface area contributed by atoms with Gasteiger partial charge in [0.05, 0.1) is 17.2 Å². The fraction of sp³-hybridized carbons (Fsp3) is 0.364. The molecule has 1 aromatic rings. The zero-order valence-electron chi connectivity index (χ0n) is 9.13.